The van der Waals surface area contributed by atoms with Crippen molar-refractivity contribution in [2.45, 2.75) is 19.1 Å². The van der Waals surface area contributed by atoms with Crippen molar-refractivity contribution < 1.29 is 9.47 Å². The number of hydrogen-bond acceptors (Lipinski definition) is 5. The van der Waals surface area contributed by atoms with Crippen molar-refractivity contribution in [2.75, 3.05) is 47.0 Å². The number of aromatic nitrogens is 1. The van der Waals surface area contributed by atoms with E-state index in [2.05, 4.69) is 21.3 Å². The molecule has 1 aliphatic rings. The van der Waals surface area contributed by atoms with Crippen LogP contribution in [0.15, 0.2) is 12.1 Å². The lowest BCUT2D eigenvalue weighted by molar-refractivity contribution is 0.0944. The zero-order valence-corrected chi connectivity index (χ0v) is 13.7. The summed E-state index contributed by atoms with van der Waals surface area (Å²) in [5, 5.41) is 3.96. The van der Waals surface area contributed by atoms with Gasteiger partial charge in [0.1, 0.15) is 5.15 Å². The molecule has 0 aliphatic carbocycles. The van der Waals surface area contributed by atoms with Gasteiger partial charge < -0.3 is 14.8 Å². The molecule has 21 heavy (non-hydrogen) atoms. The molecule has 5 nitrogen and oxygen atoms in total. The SMILES string of the molecule is COCCN1CCNCC1c1ccc(Cl)nc1C(C)OC. The van der Waals surface area contributed by atoms with E-state index in [9.17, 15) is 0 Å². The lowest BCUT2D eigenvalue weighted by Crippen LogP contribution is -2.47. The summed E-state index contributed by atoms with van der Waals surface area (Å²) in [7, 11) is 3.43. The maximum atomic E-state index is 6.06. The summed E-state index contributed by atoms with van der Waals surface area (Å²) in [6.07, 6.45) is -0.0788. The van der Waals surface area contributed by atoms with E-state index in [1.165, 1.54) is 5.56 Å². The number of ether oxygens (including phenoxy) is 2. The maximum absolute atomic E-state index is 6.06. The topological polar surface area (TPSA) is 46.6 Å². The summed E-state index contributed by atoms with van der Waals surface area (Å²) in [4.78, 5) is 6.92. The molecule has 0 bridgehead atoms. The van der Waals surface area contributed by atoms with Crippen LogP contribution in [0.3, 0.4) is 0 Å². The van der Waals surface area contributed by atoms with Gasteiger partial charge in [0.25, 0.3) is 0 Å². The highest BCUT2D eigenvalue weighted by Crippen LogP contribution is 2.30. The van der Waals surface area contributed by atoms with Crippen LogP contribution in [-0.4, -0.2) is 56.9 Å². The maximum Gasteiger partial charge on any atom is 0.129 e. The molecule has 118 valence electrons. The molecule has 0 amide bonds. The summed E-state index contributed by atoms with van der Waals surface area (Å²) in [5.74, 6) is 0. The van der Waals surface area contributed by atoms with E-state index >= 15 is 0 Å². The number of nitrogens with one attached hydrogen (secondary N) is 1. The predicted octanol–water partition coefficient (Wildman–Crippen LogP) is 2.04. The van der Waals surface area contributed by atoms with Crippen LogP contribution in [0.1, 0.15) is 30.3 Å². The van der Waals surface area contributed by atoms with Gasteiger partial charge in [-0.2, -0.15) is 0 Å². The molecule has 0 aromatic carbocycles. The molecule has 2 rings (SSSR count). The van der Waals surface area contributed by atoms with Gasteiger partial charge in [-0.15, -0.1) is 0 Å². The van der Waals surface area contributed by atoms with Gasteiger partial charge in [0.15, 0.2) is 0 Å². The Morgan fingerprint density at radius 3 is 3.00 bits per heavy atom. The van der Waals surface area contributed by atoms with Gasteiger partial charge in [-0.3, -0.25) is 4.90 Å². The van der Waals surface area contributed by atoms with E-state index in [1.54, 1.807) is 14.2 Å². The molecule has 2 unspecified atom stereocenters. The molecule has 2 atom stereocenters. The van der Waals surface area contributed by atoms with E-state index in [0.29, 0.717) is 5.15 Å². The van der Waals surface area contributed by atoms with Crippen molar-refractivity contribution in [3.8, 4) is 0 Å². The van der Waals surface area contributed by atoms with Crippen molar-refractivity contribution in [3.05, 3.63) is 28.5 Å². The van der Waals surface area contributed by atoms with Gasteiger partial charge in [0, 0.05) is 46.4 Å². The zero-order valence-electron chi connectivity index (χ0n) is 12.9. The van der Waals surface area contributed by atoms with Gasteiger partial charge >= 0.3 is 0 Å². The molecule has 0 radical (unpaired) electrons. The van der Waals surface area contributed by atoms with Crippen molar-refractivity contribution in [1.82, 2.24) is 15.2 Å². The Hall–Kier alpha value is -0.720. The minimum absolute atomic E-state index is 0.0788. The van der Waals surface area contributed by atoms with Crippen molar-refractivity contribution >= 4 is 11.6 Å². The van der Waals surface area contributed by atoms with Crippen LogP contribution >= 0.6 is 11.6 Å². The minimum Gasteiger partial charge on any atom is -0.383 e. The Morgan fingerprint density at radius 1 is 1.48 bits per heavy atom. The molecule has 0 saturated carbocycles. The second-order valence-corrected chi connectivity index (χ2v) is 5.62. The highest BCUT2D eigenvalue weighted by molar-refractivity contribution is 6.29. The summed E-state index contributed by atoms with van der Waals surface area (Å²) in [6, 6.07) is 4.19. The first-order valence-corrected chi connectivity index (χ1v) is 7.68. The van der Waals surface area contributed by atoms with Gasteiger partial charge in [0.05, 0.1) is 18.4 Å². The number of pyridine rings is 1. The lowest BCUT2D eigenvalue weighted by atomic mass is 9.99. The molecule has 1 aromatic rings. The first-order chi connectivity index (χ1) is 10.2. The third kappa shape index (κ3) is 4.14. The summed E-state index contributed by atoms with van der Waals surface area (Å²) in [6.45, 7) is 6.53. The average Bonchev–Trinajstić information content (AvgIpc) is 2.52. The first-order valence-electron chi connectivity index (χ1n) is 7.30. The molecule has 1 fully saturated rings. The quantitative estimate of drug-likeness (QED) is 0.814. The average molecular weight is 314 g/mol. The second-order valence-electron chi connectivity index (χ2n) is 5.24. The fourth-order valence-electron chi connectivity index (χ4n) is 2.71. The molecule has 2 heterocycles. The Balaban J connectivity index is 2.29. The van der Waals surface area contributed by atoms with E-state index in [1.807, 2.05) is 13.0 Å². The Bertz CT molecular complexity index is 459. The molecule has 0 spiro atoms. The van der Waals surface area contributed by atoms with E-state index in [4.69, 9.17) is 21.1 Å². The van der Waals surface area contributed by atoms with Gasteiger partial charge in [-0.1, -0.05) is 17.7 Å². The Labute approximate surface area is 131 Å². The first kappa shape index (κ1) is 16.6. The molecule has 6 heteroatoms. The monoisotopic (exact) mass is 313 g/mol. The van der Waals surface area contributed by atoms with Crippen LogP contribution in [0.4, 0.5) is 0 Å². The molecular formula is C15H24ClN3O2. The number of hydrogen-bond donors (Lipinski definition) is 1. The van der Waals surface area contributed by atoms with Crippen LogP contribution in [0.2, 0.25) is 5.15 Å². The Morgan fingerprint density at radius 2 is 2.29 bits per heavy atom. The summed E-state index contributed by atoms with van der Waals surface area (Å²) in [5.41, 5.74) is 2.10. The van der Waals surface area contributed by atoms with E-state index < -0.39 is 0 Å². The third-order valence-electron chi connectivity index (χ3n) is 3.96. The summed E-state index contributed by atoms with van der Waals surface area (Å²) >= 11 is 6.06. The molecule has 1 aromatic heterocycles. The number of methoxy groups -OCH3 is 2. The van der Waals surface area contributed by atoms with E-state index in [0.717, 1.165) is 38.5 Å². The highest BCUT2D eigenvalue weighted by atomic mass is 35.5. The third-order valence-corrected chi connectivity index (χ3v) is 4.17. The van der Waals surface area contributed by atoms with Crippen LogP contribution in [0, 0.1) is 0 Å². The second kappa shape index (κ2) is 8.06. The summed E-state index contributed by atoms with van der Waals surface area (Å²) < 4.78 is 10.7. The predicted molar refractivity (Wildman–Crippen MR) is 83.7 cm³/mol. The van der Waals surface area contributed by atoms with Crippen molar-refractivity contribution in [1.29, 1.82) is 0 Å². The Kier molecular flexibility index (Phi) is 6.39. The highest BCUT2D eigenvalue weighted by Gasteiger charge is 2.27. The molecular weight excluding hydrogens is 290 g/mol. The molecule has 1 aliphatic heterocycles. The van der Waals surface area contributed by atoms with Gasteiger partial charge in [-0.25, -0.2) is 4.98 Å². The standard InChI is InChI=1S/C15H24ClN3O2/c1-11(21-3)15-12(4-5-14(16)18-15)13-10-17-6-7-19(13)8-9-20-2/h4-5,11,13,17H,6-10H2,1-3H3. The minimum atomic E-state index is -0.0788. The fraction of sp³-hybridized carbons (Fsp3) is 0.667. The smallest absolute Gasteiger partial charge is 0.129 e. The van der Waals surface area contributed by atoms with Crippen LogP contribution in [0.5, 0.6) is 0 Å². The molecule has 1 N–H and O–H groups in total. The van der Waals surface area contributed by atoms with Gasteiger partial charge in [0.2, 0.25) is 0 Å². The van der Waals surface area contributed by atoms with Crippen LogP contribution < -0.4 is 5.32 Å². The van der Waals surface area contributed by atoms with Gasteiger partial charge in [-0.05, 0) is 18.6 Å². The van der Waals surface area contributed by atoms with Crippen molar-refractivity contribution in [2.24, 2.45) is 0 Å². The number of halogens is 1. The number of piperazine rings is 1. The van der Waals surface area contributed by atoms with E-state index in [-0.39, 0.29) is 12.1 Å². The van der Waals surface area contributed by atoms with Crippen LogP contribution in [0.25, 0.3) is 0 Å². The fourth-order valence-corrected chi connectivity index (χ4v) is 2.86. The van der Waals surface area contributed by atoms with Crippen molar-refractivity contribution in [3.63, 3.8) is 0 Å². The zero-order chi connectivity index (χ0) is 15.2. The van der Waals surface area contributed by atoms with Crippen LogP contribution in [-0.2, 0) is 9.47 Å². The number of nitrogens with zero attached hydrogens (tertiary/aromatic N) is 2. The lowest BCUT2D eigenvalue weighted by Gasteiger charge is -2.37. The number of rotatable bonds is 6. The normalized spacial score (nSPS) is 21.4. The molecule has 1 saturated heterocycles. The largest absolute Gasteiger partial charge is 0.383 e.